The van der Waals surface area contributed by atoms with Gasteiger partial charge >= 0.3 is 0 Å². The number of benzene rings is 1. The number of aromatic nitrogens is 4. The second-order valence-corrected chi connectivity index (χ2v) is 6.53. The van der Waals surface area contributed by atoms with Crippen molar-refractivity contribution in [1.29, 1.82) is 0 Å². The largest absolute Gasteiger partial charge is 0.346 e. The summed E-state index contributed by atoms with van der Waals surface area (Å²) in [6.07, 6.45) is 0. The Morgan fingerprint density at radius 2 is 1.88 bits per heavy atom. The zero-order valence-electron chi connectivity index (χ0n) is 15.3. The molecule has 2 aromatic heterocycles. The van der Waals surface area contributed by atoms with Gasteiger partial charge in [0.05, 0.1) is 17.9 Å². The lowest BCUT2D eigenvalue weighted by molar-refractivity contribution is 0.0930. The zero-order valence-corrected chi connectivity index (χ0v) is 15.3. The van der Waals surface area contributed by atoms with E-state index >= 15 is 0 Å². The quantitative estimate of drug-likeness (QED) is 0.765. The summed E-state index contributed by atoms with van der Waals surface area (Å²) < 4.78 is 16.6. The zero-order chi connectivity index (χ0) is 18.8. The average molecular weight is 355 g/mol. The highest BCUT2D eigenvalue weighted by atomic mass is 19.1. The van der Waals surface area contributed by atoms with E-state index in [9.17, 15) is 9.18 Å². The van der Waals surface area contributed by atoms with Crippen LogP contribution in [0.5, 0.6) is 0 Å². The number of aryl methyl sites for hydroxylation is 3. The van der Waals surface area contributed by atoms with Gasteiger partial charge < -0.3 is 5.32 Å². The number of carbonyl (C=O) groups is 1. The molecule has 0 saturated carbocycles. The third-order valence-electron chi connectivity index (χ3n) is 4.18. The Labute approximate surface area is 151 Å². The summed E-state index contributed by atoms with van der Waals surface area (Å²) in [5.74, 6) is -0.546. The topological polar surface area (TPSA) is 64.7 Å². The van der Waals surface area contributed by atoms with Crippen molar-refractivity contribution in [2.45, 2.75) is 33.4 Å². The Bertz CT molecular complexity index is 926. The molecule has 0 spiro atoms. The van der Waals surface area contributed by atoms with Crippen molar-refractivity contribution in [2.24, 2.45) is 7.05 Å². The lowest BCUT2D eigenvalue weighted by atomic mass is 10.1. The second-order valence-electron chi connectivity index (χ2n) is 6.53. The molecular formula is C19H22FN5O. The van der Waals surface area contributed by atoms with Crippen LogP contribution >= 0.6 is 0 Å². The monoisotopic (exact) mass is 355 g/mol. The van der Waals surface area contributed by atoms with Crippen molar-refractivity contribution < 1.29 is 9.18 Å². The fraction of sp³-hybridized carbons (Fsp3) is 0.316. The van der Waals surface area contributed by atoms with E-state index in [0.29, 0.717) is 12.2 Å². The van der Waals surface area contributed by atoms with E-state index in [1.165, 1.54) is 12.1 Å². The van der Waals surface area contributed by atoms with Crippen LogP contribution in [-0.2, 0) is 13.6 Å². The van der Waals surface area contributed by atoms with Gasteiger partial charge in [0, 0.05) is 18.8 Å². The van der Waals surface area contributed by atoms with Gasteiger partial charge in [-0.3, -0.25) is 14.2 Å². The second kappa shape index (κ2) is 7.11. The van der Waals surface area contributed by atoms with E-state index in [0.717, 1.165) is 22.6 Å². The number of rotatable bonds is 5. The standard InChI is InChI=1S/C19H22FN5O/c1-12-9-14(3)25(22-12)11-13(2)21-19(26)17-10-18(24(4)23-17)15-5-7-16(20)8-6-15/h5-10,13H,11H2,1-4H3,(H,21,26). The molecule has 1 N–H and O–H groups in total. The van der Waals surface area contributed by atoms with Gasteiger partial charge in [-0.2, -0.15) is 10.2 Å². The average Bonchev–Trinajstić information content (AvgIpc) is 3.10. The number of amides is 1. The summed E-state index contributed by atoms with van der Waals surface area (Å²) in [7, 11) is 1.76. The highest BCUT2D eigenvalue weighted by molar-refractivity contribution is 5.93. The third kappa shape index (κ3) is 3.82. The molecule has 7 heteroatoms. The molecule has 0 fully saturated rings. The summed E-state index contributed by atoms with van der Waals surface area (Å²) in [5, 5.41) is 11.6. The Balaban J connectivity index is 1.71. The molecule has 0 aliphatic rings. The van der Waals surface area contributed by atoms with Crippen LogP contribution in [0.25, 0.3) is 11.3 Å². The maximum Gasteiger partial charge on any atom is 0.272 e. The van der Waals surface area contributed by atoms with E-state index in [-0.39, 0.29) is 17.8 Å². The smallest absolute Gasteiger partial charge is 0.272 e. The molecule has 0 aliphatic carbocycles. The molecule has 26 heavy (non-hydrogen) atoms. The van der Waals surface area contributed by atoms with E-state index in [4.69, 9.17) is 0 Å². The van der Waals surface area contributed by atoms with Crippen LogP contribution in [0.2, 0.25) is 0 Å². The first kappa shape index (κ1) is 17.8. The van der Waals surface area contributed by atoms with Crippen LogP contribution in [0.1, 0.15) is 28.8 Å². The lowest BCUT2D eigenvalue weighted by Gasteiger charge is -2.14. The lowest BCUT2D eigenvalue weighted by Crippen LogP contribution is -2.36. The molecule has 1 atom stereocenters. The molecule has 3 rings (SSSR count). The van der Waals surface area contributed by atoms with Gasteiger partial charge in [-0.05, 0) is 62.7 Å². The summed E-state index contributed by atoms with van der Waals surface area (Å²) in [4.78, 5) is 12.5. The molecule has 0 bridgehead atoms. The number of halogens is 1. The molecule has 0 aliphatic heterocycles. The third-order valence-corrected chi connectivity index (χ3v) is 4.18. The molecule has 1 aromatic carbocycles. The number of nitrogens with zero attached hydrogens (tertiary/aromatic N) is 4. The number of nitrogens with one attached hydrogen (secondary N) is 1. The van der Waals surface area contributed by atoms with Crippen molar-refractivity contribution >= 4 is 5.91 Å². The number of hydrogen-bond acceptors (Lipinski definition) is 3. The molecule has 2 heterocycles. The highest BCUT2D eigenvalue weighted by Gasteiger charge is 2.17. The molecule has 6 nitrogen and oxygen atoms in total. The van der Waals surface area contributed by atoms with Crippen LogP contribution in [0.3, 0.4) is 0 Å². The van der Waals surface area contributed by atoms with E-state index in [1.54, 1.807) is 29.9 Å². The molecule has 3 aromatic rings. The maximum absolute atomic E-state index is 13.1. The molecule has 1 unspecified atom stereocenters. The minimum absolute atomic E-state index is 0.100. The van der Waals surface area contributed by atoms with Crippen molar-refractivity contribution in [1.82, 2.24) is 24.9 Å². The molecule has 136 valence electrons. The van der Waals surface area contributed by atoms with Gasteiger partial charge in [0.25, 0.3) is 5.91 Å². The fourth-order valence-electron chi connectivity index (χ4n) is 2.93. The van der Waals surface area contributed by atoms with E-state index < -0.39 is 0 Å². The molecule has 0 saturated heterocycles. The van der Waals surface area contributed by atoms with Crippen LogP contribution in [0.4, 0.5) is 4.39 Å². The molecule has 1 amide bonds. The van der Waals surface area contributed by atoms with Gasteiger partial charge in [-0.1, -0.05) is 0 Å². The van der Waals surface area contributed by atoms with Crippen molar-refractivity contribution in [2.75, 3.05) is 0 Å². The summed E-state index contributed by atoms with van der Waals surface area (Å²) in [6, 6.07) is 9.72. The van der Waals surface area contributed by atoms with Crippen LogP contribution in [0.15, 0.2) is 36.4 Å². The van der Waals surface area contributed by atoms with Crippen LogP contribution < -0.4 is 5.32 Å². The normalized spacial score (nSPS) is 12.2. The van der Waals surface area contributed by atoms with Crippen LogP contribution in [0, 0.1) is 19.7 Å². The maximum atomic E-state index is 13.1. The van der Waals surface area contributed by atoms with E-state index in [1.807, 2.05) is 31.5 Å². The fourth-order valence-corrected chi connectivity index (χ4v) is 2.93. The summed E-state index contributed by atoms with van der Waals surface area (Å²) in [5.41, 5.74) is 3.89. The Morgan fingerprint density at radius 1 is 1.19 bits per heavy atom. The first-order chi connectivity index (χ1) is 12.3. The van der Waals surface area contributed by atoms with Crippen LogP contribution in [-0.4, -0.2) is 31.5 Å². The predicted octanol–water partition coefficient (Wildman–Crippen LogP) is 2.86. The Hall–Kier alpha value is -2.96. The first-order valence-corrected chi connectivity index (χ1v) is 8.45. The SMILES string of the molecule is Cc1cc(C)n(CC(C)NC(=O)c2cc(-c3ccc(F)cc3)n(C)n2)n1. The van der Waals surface area contributed by atoms with Gasteiger partial charge in [-0.25, -0.2) is 4.39 Å². The van der Waals surface area contributed by atoms with Crippen molar-refractivity contribution in [3.8, 4) is 11.3 Å². The minimum Gasteiger partial charge on any atom is -0.346 e. The minimum atomic E-state index is -0.299. The van der Waals surface area contributed by atoms with Gasteiger partial charge in [0.2, 0.25) is 0 Å². The summed E-state index contributed by atoms with van der Waals surface area (Å²) >= 11 is 0. The Kier molecular flexibility index (Phi) is 4.88. The molecular weight excluding hydrogens is 333 g/mol. The van der Waals surface area contributed by atoms with Crippen molar-refractivity contribution in [3.05, 3.63) is 59.3 Å². The predicted molar refractivity (Wildman–Crippen MR) is 97.2 cm³/mol. The van der Waals surface area contributed by atoms with E-state index in [2.05, 4.69) is 15.5 Å². The van der Waals surface area contributed by atoms with Crippen molar-refractivity contribution in [3.63, 3.8) is 0 Å². The number of hydrogen-bond donors (Lipinski definition) is 1. The van der Waals surface area contributed by atoms with Gasteiger partial charge in [0.15, 0.2) is 5.69 Å². The Morgan fingerprint density at radius 3 is 2.50 bits per heavy atom. The van der Waals surface area contributed by atoms with Gasteiger partial charge in [0.1, 0.15) is 5.82 Å². The number of carbonyl (C=O) groups excluding carboxylic acids is 1. The highest BCUT2D eigenvalue weighted by Crippen LogP contribution is 2.20. The van der Waals surface area contributed by atoms with Gasteiger partial charge in [-0.15, -0.1) is 0 Å². The first-order valence-electron chi connectivity index (χ1n) is 8.45. The summed E-state index contributed by atoms with van der Waals surface area (Å²) in [6.45, 7) is 6.45. The molecule has 0 radical (unpaired) electrons.